The normalized spacial score (nSPS) is 11.3. The van der Waals surface area contributed by atoms with Gasteiger partial charge in [0, 0.05) is 27.6 Å². The number of para-hydroxylation sites is 2. The van der Waals surface area contributed by atoms with Gasteiger partial charge in [-0.15, -0.1) is 0 Å². The van der Waals surface area contributed by atoms with E-state index in [4.69, 9.17) is 4.52 Å². The first-order valence-electron chi connectivity index (χ1n) is 11.9. The van der Waals surface area contributed by atoms with Gasteiger partial charge in [0.15, 0.2) is 0 Å². The zero-order valence-electron chi connectivity index (χ0n) is 19.4. The molecule has 0 aliphatic rings. The van der Waals surface area contributed by atoms with Crippen molar-refractivity contribution in [3.8, 4) is 39.7 Å². The largest absolute Gasteiger partial charge is 0.334 e. The number of hydrogen-bond donors (Lipinski definition) is 0. The molecule has 7 rings (SSSR count). The van der Waals surface area contributed by atoms with Gasteiger partial charge in [0.05, 0.1) is 11.0 Å². The van der Waals surface area contributed by atoms with Crippen LogP contribution in [0.3, 0.4) is 0 Å². The van der Waals surface area contributed by atoms with Crippen LogP contribution < -0.4 is 0 Å². The summed E-state index contributed by atoms with van der Waals surface area (Å²) >= 11 is 0. The lowest BCUT2D eigenvalue weighted by molar-refractivity contribution is 0.432. The van der Waals surface area contributed by atoms with E-state index in [1.54, 1.807) is 0 Å². The van der Waals surface area contributed by atoms with Gasteiger partial charge in [0.2, 0.25) is 5.82 Å². The van der Waals surface area contributed by atoms with Gasteiger partial charge in [-0.1, -0.05) is 96.2 Å². The van der Waals surface area contributed by atoms with Gasteiger partial charge in [-0.05, 0) is 47.5 Å². The average molecular weight is 464 g/mol. The van der Waals surface area contributed by atoms with Crippen molar-refractivity contribution in [2.45, 2.75) is 0 Å². The monoisotopic (exact) mass is 463 g/mol. The summed E-state index contributed by atoms with van der Waals surface area (Å²) in [6, 6.07) is 43.8. The summed E-state index contributed by atoms with van der Waals surface area (Å²) in [5, 5.41) is 6.72. The smallest absolute Gasteiger partial charge is 0.258 e. The van der Waals surface area contributed by atoms with E-state index < -0.39 is 0 Å². The van der Waals surface area contributed by atoms with Crippen molar-refractivity contribution in [2.24, 2.45) is 0 Å². The summed E-state index contributed by atoms with van der Waals surface area (Å²) in [6.07, 6.45) is 0. The van der Waals surface area contributed by atoms with Crippen LogP contribution in [0.25, 0.3) is 61.5 Å². The van der Waals surface area contributed by atoms with Crippen LogP contribution in [0.5, 0.6) is 0 Å². The maximum Gasteiger partial charge on any atom is 0.258 e. The van der Waals surface area contributed by atoms with Gasteiger partial charge in [-0.25, -0.2) is 0 Å². The van der Waals surface area contributed by atoms with Crippen molar-refractivity contribution in [3.05, 3.63) is 127 Å². The molecule has 0 unspecified atom stereocenters. The third-order valence-electron chi connectivity index (χ3n) is 6.63. The highest BCUT2D eigenvalue weighted by Crippen LogP contribution is 2.32. The quantitative estimate of drug-likeness (QED) is 0.264. The fourth-order valence-electron chi connectivity index (χ4n) is 4.85. The molecule has 0 aliphatic heterocycles. The summed E-state index contributed by atoms with van der Waals surface area (Å²) in [6.45, 7) is 0. The number of rotatable bonds is 4. The topological polar surface area (TPSA) is 43.9 Å². The summed E-state index contributed by atoms with van der Waals surface area (Å²) in [5.74, 6) is 1.09. The Balaban J connectivity index is 1.21. The van der Waals surface area contributed by atoms with Crippen molar-refractivity contribution in [1.29, 1.82) is 0 Å². The Hall–Kier alpha value is -4.96. The van der Waals surface area contributed by atoms with Crippen LogP contribution >= 0.6 is 0 Å². The first kappa shape index (κ1) is 20.4. The van der Waals surface area contributed by atoms with Crippen molar-refractivity contribution >= 4 is 21.8 Å². The molecule has 2 heterocycles. The minimum absolute atomic E-state index is 0.505. The van der Waals surface area contributed by atoms with Crippen LogP contribution in [0.2, 0.25) is 0 Å². The predicted molar refractivity (Wildman–Crippen MR) is 145 cm³/mol. The maximum absolute atomic E-state index is 5.62. The maximum atomic E-state index is 5.62. The summed E-state index contributed by atoms with van der Waals surface area (Å²) in [5.41, 5.74) is 7.61. The van der Waals surface area contributed by atoms with Gasteiger partial charge in [-0.3, -0.25) is 0 Å². The molecule has 0 saturated carbocycles. The third kappa shape index (κ3) is 3.39. The van der Waals surface area contributed by atoms with E-state index in [9.17, 15) is 0 Å². The lowest BCUT2D eigenvalue weighted by atomic mass is 10.0. The molecular formula is C32H21N3O. The molecule has 0 radical (unpaired) electrons. The second-order valence-electron chi connectivity index (χ2n) is 8.78. The summed E-state index contributed by atoms with van der Waals surface area (Å²) in [4.78, 5) is 4.66. The van der Waals surface area contributed by atoms with Gasteiger partial charge >= 0.3 is 0 Å². The van der Waals surface area contributed by atoms with Gasteiger partial charge in [-0.2, -0.15) is 4.98 Å². The Labute approximate surface area is 208 Å². The van der Waals surface area contributed by atoms with E-state index in [2.05, 4.69) is 99.6 Å². The number of benzene rings is 5. The van der Waals surface area contributed by atoms with Gasteiger partial charge in [0.25, 0.3) is 5.89 Å². The standard InChI is InChI=1S/C32H21N3O/c1-2-8-22(9-3-1)23-14-16-24(17-15-23)31-33-32(36-34-31)25-18-20-26(21-19-25)35-29-12-6-4-10-27(29)28-11-5-7-13-30(28)35/h1-21H. The van der Waals surface area contributed by atoms with Gasteiger partial charge in [0.1, 0.15) is 0 Å². The number of aromatic nitrogens is 3. The third-order valence-corrected chi connectivity index (χ3v) is 6.63. The van der Waals surface area contributed by atoms with E-state index in [0.29, 0.717) is 11.7 Å². The van der Waals surface area contributed by atoms with Crippen LogP contribution in [0.15, 0.2) is 132 Å². The number of hydrogen-bond acceptors (Lipinski definition) is 3. The molecule has 5 aromatic carbocycles. The van der Waals surface area contributed by atoms with Crippen LogP contribution in [0.1, 0.15) is 0 Å². The molecule has 0 atom stereocenters. The molecular weight excluding hydrogens is 442 g/mol. The highest BCUT2D eigenvalue weighted by molar-refractivity contribution is 6.09. The van der Waals surface area contributed by atoms with E-state index in [1.807, 2.05) is 42.5 Å². The number of fused-ring (bicyclic) bond motifs is 3. The zero-order valence-corrected chi connectivity index (χ0v) is 19.4. The Bertz CT molecular complexity index is 1760. The summed E-state index contributed by atoms with van der Waals surface area (Å²) in [7, 11) is 0. The number of nitrogens with zero attached hydrogens (tertiary/aromatic N) is 3. The molecule has 170 valence electrons. The molecule has 0 fully saturated rings. The Kier molecular flexibility index (Phi) is 4.74. The van der Waals surface area contributed by atoms with Crippen molar-refractivity contribution < 1.29 is 4.52 Å². The Morgan fingerprint density at radius 1 is 0.472 bits per heavy atom. The molecule has 36 heavy (non-hydrogen) atoms. The molecule has 0 spiro atoms. The van der Waals surface area contributed by atoms with Crippen LogP contribution in [0, 0.1) is 0 Å². The second-order valence-corrected chi connectivity index (χ2v) is 8.78. The highest BCUT2D eigenvalue weighted by atomic mass is 16.5. The SMILES string of the molecule is c1ccc(-c2ccc(-c3noc(-c4ccc(-n5c6ccccc6c6ccccc65)cc4)n3)cc2)cc1. The minimum Gasteiger partial charge on any atom is -0.334 e. The van der Waals surface area contributed by atoms with Crippen LogP contribution in [-0.2, 0) is 0 Å². The fourth-order valence-corrected chi connectivity index (χ4v) is 4.85. The van der Waals surface area contributed by atoms with E-state index in [1.165, 1.54) is 27.4 Å². The predicted octanol–water partition coefficient (Wildman–Crippen LogP) is 8.17. The van der Waals surface area contributed by atoms with Crippen LogP contribution in [0.4, 0.5) is 0 Å². The first-order valence-corrected chi connectivity index (χ1v) is 11.9. The van der Waals surface area contributed by atoms with Crippen LogP contribution in [-0.4, -0.2) is 14.7 Å². The average Bonchev–Trinajstić information content (AvgIpc) is 3.58. The Morgan fingerprint density at radius 2 is 1.00 bits per heavy atom. The fraction of sp³-hybridized carbons (Fsp3) is 0. The second kappa shape index (κ2) is 8.36. The van der Waals surface area contributed by atoms with Crippen molar-refractivity contribution in [2.75, 3.05) is 0 Å². The first-order chi connectivity index (χ1) is 17.8. The molecule has 0 aliphatic carbocycles. The minimum atomic E-state index is 0.505. The molecule has 0 saturated heterocycles. The molecule has 0 bridgehead atoms. The van der Waals surface area contributed by atoms with Gasteiger partial charge < -0.3 is 9.09 Å². The van der Waals surface area contributed by atoms with E-state index in [-0.39, 0.29) is 0 Å². The molecule has 7 aromatic rings. The highest BCUT2D eigenvalue weighted by Gasteiger charge is 2.14. The van der Waals surface area contributed by atoms with Crippen molar-refractivity contribution in [3.63, 3.8) is 0 Å². The molecule has 0 amide bonds. The molecule has 0 N–H and O–H groups in total. The lowest BCUT2D eigenvalue weighted by Gasteiger charge is -2.08. The molecule has 2 aromatic heterocycles. The van der Waals surface area contributed by atoms with E-state index in [0.717, 1.165) is 22.4 Å². The summed E-state index contributed by atoms with van der Waals surface area (Å²) < 4.78 is 7.92. The molecule has 4 nitrogen and oxygen atoms in total. The zero-order chi connectivity index (χ0) is 23.9. The molecule has 4 heteroatoms. The van der Waals surface area contributed by atoms with E-state index >= 15 is 0 Å². The Morgan fingerprint density at radius 3 is 1.67 bits per heavy atom. The van der Waals surface area contributed by atoms with Crippen molar-refractivity contribution in [1.82, 2.24) is 14.7 Å². The lowest BCUT2D eigenvalue weighted by Crippen LogP contribution is -1.93.